The van der Waals surface area contributed by atoms with Crippen molar-refractivity contribution in [2.45, 2.75) is 19.8 Å². The zero-order chi connectivity index (χ0) is 13.9. The highest BCUT2D eigenvalue weighted by molar-refractivity contribution is 7.08. The van der Waals surface area contributed by atoms with Crippen molar-refractivity contribution in [1.29, 1.82) is 0 Å². The van der Waals surface area contributed by atoms with Gasteiger partial charge in [-0.1, -0.05) is 29.6 Å². The third kappa shape index (κ3) is 2.32. The smallest absolute Gasteiger partial charge is 0.180 e. The molecule has 0 fully saturated rings. The molecular weight excluding hydrogens is 270 g/mol. The number of nitrogens with zero attached hydrogens (tertiary/aromatic N) is 3. The molecule has 0 aliphatic carbocycles. The van der Waals surface area contributed by atoms with E-state index < -0.39 is 0 Å². The predicted octanol–water partition coefficient (Wildman–Crippen LogP) is 3.07. The van der Waals surface area contributed by atoms with Crippen LogP contribution in [0.1, 0.15) is 27.9 Å². The van der Waals surface area contributed by atoms with Gasteiger partial charge in [-0.15, -0.1) is 5.10 Å². The van der Waals surface area contributed by atoms with E-state index in [4.69, 9.17) is 0 Å². The van der Waals surface area contributed by atoms with Crippen LogP contribution >= 0.6 is 11.5 Å². The number of pyridine rings is 1. The van der Waals surface area contributed by atoms with Crippen molar-refractivity contribution in [3.63, 3.8) is 0 Å². The number of carbonyl (C=O) groups excluding carboxylic acids is 1. The third-order valence-electron chi connectivity index (χ3n) is 3.23. The molecule has 0 radical (unpaired) electrons. The number of Topliss-reactive ketones (excluding diaryl/α,β-unsaturated/α-hetero) is 1. The summed E-state index contributed by atoms with van der Waals surface area (Å²) < 4.78 is 3.88. The molecule has 0 spiro atoms. The first-order chi connectivity index (χ1) is 9.79. The van der Waals surface area contributed by atoms with Gasteiger partial charge in [-0.25, -0.2) is 0 Å². The van der Waals surface area contributed by atoms with Crippen LogP contribution in [-0.2, 0) is 12.8 Å². The molecule has 0 saturated heterocycles. The van der Waals surface area contributed by atoms with Crippen molar-refractivity contribution < 1.29 is 4.79 Å². The van der Waals surface area contributed by atoms with Crippen molar-refractivity contribution in [2.75, 3.05) is 0 Å². The fraction of sp³-hybridized carbons (Fsp3) is 0.200. The Labute approximate surface area is 120 Å². The van der Waals surface area contributed by atoms with Gasteiger partial charge < -0.3 is 0 Å². The van der Waals surface area contributed by atoms with Crippen LogP contribution in [0.4, 0.5) is 0 Å². The van der Waals surface area contributed by atoms with E-state index >= 15 is 0 Å². The highest BCUT2D eigenvalue weighted by atomic mass is 32.1. The molecule has 0 atom stereocenters. The van der Waals surface area contributed by atoms with E-state index in [0.29, 0.717) is 11.3 Å². The molecule has 20 heavy (non-hydrogen) atoms. The fourth-order valence-electron chi connectivity index (χ4n) is 2.21. The number of aromatic nitrogens is 3. The number of ketones is 1. The minimum atomic E-state index is 0.0770. The third-order valence-corrected chi connectivity index (χ3v) is 4.04. The Morgan fingerprint density at radius 2 is 2.10 bits per heavy atom. The molecule has 0 amide bonds. The Kier molecular flexibility index (Phi) is 3.52. The molecule has 100 valence electrons. The lowest BCUT2D eigenvalue weighted by Gasteiger charge is -2.04. The number of fused-ring (bicyclic) bond motifs is 1. The maximum absolute atomic E-state index is 12.4. The molecule has 2 heterocycles. The van der Waals surface area contributed by atoms with Gasteiger partial charge in [-0.3, -0.25) is 9.78 Å². The highest BCUT2D eigenvalue weighted by Crippen LogP contribution is 2.20. The Hall–Kier alpha value is -2.14. The molecule has 3 rings (SSSR count). The monoisotopic (exact) mass is 283 g/mol. The van der Waals surface area contributed by atoms with Gasteiger partial charge in [0, 0.05) is 18.0 Å². The quantitative estimate of drug-likeness (QED) is 0.690. The zero-order valence-corrected chi connectivity index (χ0v) is 11.9. The Morgan fingerprint density at radius 3 is 2.95 bits per heavy atom. The first-order valence-corrected chi connectivity index (χ1v) is 7.24. The molecule has 3 aromatic rings. The van der Waals surface area contributed by atoms with Gasteiger partial charge in [0.2, 0.25) is 0 Å². The average Bonchev–Trinajstić information content (AvgIpc) is 2.96. The zero-order valence-electron chi connectivity index (χ0n) is 11.0. The minimum absolute atomic E-state index is 0.0770. The number of carbonyl (C=O) groups is 1. The molecule has 0 aliphatic rings. The van der Waals surface area contributed by atoms with Crippen molar-refractivity contribution in [2.24, 2.45) is 0 Å². The van der Waals surface area contributed by atoms with E-state index in [1.165, 1.54) is 11.5 Å². The van der Waals surface area contributed by atoms with Gasteiger partial charge in [0.25, 0.3) is 0 Å². The van der Waals surface area contributed by atoms with E-state index in [1.807, 2.05) is 37.3 Å². The average molecular weight is 283 g/mol. The number of rotatable bonds is 4. The Bertz CT molecular complexity index is 761. The summed E-state index contributed by atoms with van der Waals surface area (Å²) >= 11 is 1.18. The fourth-order valence-corrected chi connectivity index (χ4v) is 2.90. The summed E-state index contributed by atoms with van der Waals surface area (Å²) in [4.78, 5) is 17.4. The summed E-state index contributed by atoms with van der Waals surface area (Å²) in [6, 6.07) is 9.76. The molecule has 0 N–H and O–H groups in total. The van der Waals surface area contributed by atoms with Crippen LogP contribution in [0.15, 0.2) is 36.5 Å². The molecule has 2 aromatic heterocycles. The van der Waals surface area contributed by atoms with Crippen molar-refractivity contribution in [3.05, 3.63) is 52.7 Å². The Morgan fingerprint density at radius 1 is 1.25 bits per heavy atom. The highest BCUT2D eigenvalue weighted by Gasteiger charge is 2.16. The van der Waals surface area contributed by atoms with E-state index in [2.05, 4.69) is 14.6 Å². The molecular formula is C15H13N3OS. The lowest BCUT2D eigenvalue weighted by molar-refractivity contribution is 0.0996. The van der Waals surface area contributed by atoms with E-state index in [1.54, 1.807) is 6.20 Å². The maximum Gasteiger partial charge on any atom is 0.180 e. The summed E-state index contributed by atoms with van der Waals surface area (Å²) in [6.07, 6.45) is 2.84. The van der Waals surface area contributed by atoms with Crippen LogP contribution in [0.2, 0.25) is 0 Å². The number of hydrogen-bond donors (Lipinski definition) is 0. The second-order valence-corrected chi connectivity index (χ2v) is 5.24. The first kappa shape index (κ1) is 12.9. The molecule has 0 aliphatic heterocycles. The summed E-state index contributed by atoms with van der Waals surface area (Å²) in [6.45, 7) is 1.98. The normalized spacial score (nSPS) is 10.8. The molecule has 4 nitrogen and oxygen atoms in total. The lowest BCUT2D eigenvalue weighted by Crippen LogP contribution is -2.05. The van der Waals surface area contributed by atoms with Crippen molar-refractivity contribution in [1.82, 2.24) is 14.6 Å². The van der Waals surface area contributed by atoms with Crippen molar-refractivity contribution in [3.8, 4) is 0 Å². The van der Waals surface area contributed by atoms with Gasteiger partial charge in [-0.05, 0) is 35.6 Å². The van der Waals surface area contributed by atoms with E-state index in [9.17, 15) is 4.79 Å². The second kappa shape index (κ2) is 5.46. The lowest BCUT2D eigenvalue weighted by atomic mass is 10.0. The van der Waals surface area contributed by atoms with Gasteiger partial charge in [0.15, 0.2) is 5.78 Å². The SMILES string of the molecule is CCc1nnsc1C(=O)Cc1ccnc2ccccc12. The Balaban J connectivity index is 1.96. The number of para-hydroxylation sites is 1. The minimum Gasteiger partial charge on any atom is -0.293 e. The van der Waals surface area contributed by atoms with Crippen LogP contribution in [0.25, 0.3) is 10.9 Å². The first-order valence-electron chi connectivity index (χ1n) is 6.46. The van der Waals surface area contributed by atoms with Crippen LogP contribution < -0.4 is 0 Å². The number of hydrogen-bond acceptors (Lipinski definition) is 5. The summed E-state index contributed by atoms with van der Waals surface area (Å²) in [5, 5.41) is 5.02. The molecule has 0 saturated carbocycles. The van der Waals surface area contributed by atoms with Crippen LogP contribution in [-0.4, -0.2) is 20.4 Å². The van der Waals surface area contributed by atoms with Crippen LogP contribution in [0.5, 0.6) is 0 Å². The maximum atomic E-state index is 12.4. The predicted molar refractivity (Wildman–Crippen MR) is 79.1 cm³/mol. The van der Waals surface area contributed by atoms with Gasteiger partial charge in [0.05, 0.1) is 11.2 Å². The standard InChI is InChI=1S/C15H13N3OS/c1-2-12-15(20-18-17-12)14(19)9-10-7-8-16-13-6-4-3-5-11(10)13/h3-8H,2,9H2,1H3. The van der Waals surface area contributed by atoms with Gasteiger partial charge in [0.1, 0.15) is 4.88 Å². The van der Waals surface area contributed by atoms with Gasteiger partial charge in [-0.2, -0.15) is 0 Å². The molecule has 1 aromatic carbocycles. The molecule has 0 unspecified atom stereocenters. The number of benzene rings is 1. The van der Waals surface area contributed by atoms with Crippen LogP contribution in [0.3, 0.4) is 0 Å². The van der Waals surface area contributed by atoms with Crippen LogP contribution in [0, 0.1) is 0 Å². The van der Waals surface area contributed by atoms with E-state index in [-0.39, 0.29) is 5.78 Å². The number of aryl methyl sites for hydroxylation is 1. The van der Waals surface area contributed by atoms with E-state index in [0.717, 1.165) is 28.6 Å². The summed E-state index contributed by atoms with van der Waals surface area (Å²) in [7, 11) is 0. The molecule has 5 heteroatoms. The second-order valence-electron chi connectivity index (χ2n) is 4.49. The van der Waals surface area contributed by atoms with Gasteiger partial charge >= 0.3 is 0 Å². The largest absolute Gasteiger partial charge is 0.293 e. The summed E-state index contributed by atoms with van der Waals surface area (Å²) in [5.41, 5.74) is 2.70. The van der Waals surface area contributed by atoms with Crippen molar-refractivity contribution >= 4 is 28.2 Å². The molecule has 0 bridgehead atoms. The summed E-state index contributed by atoms with van der Waals surface area (Å²) in [5.74, 6) is 0.0770. The topological polar surface area (TPSA) is 55.7 Å².